The Morgan fingerprint density at radius 2 is 0.506 bits per heavy atom. The molecular weight excluding hydrogens is 973 g/mol. The monoisotopic (exact) mass is 1090 g/mol. The second-order valence-corrected chi connectivity index (χ2v) is 20.9. The predicted molar refractivity (Wildman–Crippen MR) is 343 cm³/mol. The summed E-state index contributed by atoms with van der Waals surface area (Å²) in [5.41, 5.74) is 0. The van der Waals surface area contributed by atoms with Gasteiger partial charge in [0.1, 0.15) is 13.2 Å². The van der Waals surface area contributed by atoms with Gasteiger partial charge in [0, 0.05) is 19.3 Å². The van der Waals surface area contributed by atoms with Gasteiger partial charge in [-0.25, -0.2) is 0 Å². The van der Waals surface area contributed by atoms with Crippen molar-refractivity contribution in [2.75, 3.05) is 13.2 Å². The fourth-order valence-corrected chi connectivity index (χ4v) is 8.58. The molecule has 0 aliphatic carbocycles. The zero-order valence-electron chi connectivity index (χ0n) is 51.1. The number of rotatable bonds is 57. The average molecular weight is 1090 g/mol. The molecule has 0 amide bonds. The van der Waals surface area contributed by atoms with E-state index in [1.165, 1.54) is 109 Å². The Kier molecular flexibility index (Phi) is 61.9. The van der Waals surface area contributed by atoms with Crippen LogP contribution in [0.3, 0.4) is 0 Å². The van der Waals surface area contributed by atoms with Crippen molar-refractivity contribution in [1.29, 1.82) is 0 Å². The second kappa shape index (κ2) is 65.8. The maximum Gasteiger partial charge on any atom is 0.306 e. The fourth-order valence-electron chi connectivity index (χ4n) is 8.58. The lowest BCUT2D eigenvalue weighted by Gasteiger charge is -2.18. The predicted octanol–water partition coefficient (Wildman–Crippen LogP) is 22.3. The number of carbonyl (C=O) groups is 3. The van der Waals surface area contributed by atoms with E-state index in [0.29, 0.717) is 19.3 Å². The van der Waals surface area contributed by atoms with E-state index in [0.717, 1.165) is 122 Å². The number of hydrogen-bond donors (Lipinski definition) is 0. The van der Waals surface area contributed by atoms with Crippen LogP contribution in [0, 0.1) is 0 Å². The average Bonchev–Trinajstić information content (AvgIpc) is 3.45. The van der Waals surface area contributed by atoms with Crippen LogP contribution in [-0.4, -0.2) is 37.2 Å². The number of ether oxygens (including phenoxy) is 3. The summed E-state index contributed by atoms with van der Waals surface area (Å²) in [5, 5.41) is 0. The lowest BCUT2D eigenvalue weighted by Crippen LogP contribution is -2.30. The fraction of sp³-hybridized carbons (Fsp3) is 0.630. The topological polar surface area (TPSA) is 78.9 Å². The third-order valence-electron chi connectivity index (χ3n) is 13.3. The molecular formula is C73H118O6. The van der Waals surface area contributed by atoms with Gasteiger partial charge in [-0.15, -0.1) is 0 Å². The van der Waals surface area contributed by atoms with Crippen LogP contribution in [-0.2, 0) is 28.6 Å². The molecule has 0 aliphatic heterocycles. The van der Waals surface area contributed by atoms with E-state index in [4.69, 9.17) is 14.2 Å². The number of hydrogen-bond acceptors (Lipinski definition) is 6. The number of carbonyl (C=O) groups excluding carboxylic acids is 3. The minimum Gasteiger partial charge on any atom is -0.462 e. The van der Waals surface area contributed by atoms with Gasteiger partial charge in [0.15, 0.2) is 6.10 Å². The molecule has 0 aliphatic rings. The summed E-state index contributed by atoms with van der Waals surface area (Å²) in [5.74, 6) is -0.965. The summed E-state index contributed by atoms with van der Waals surface area (Å²) < 4.78 is 16.8. The molecule has 0 fully saturated rings. The molecule has 0 bridgehead atoms. The summed E-state index contributed by atoms with van der Waals surface area (Å²) in [6.07, 6.45) is 94.5. The van der Waals surface area contributed by atoms with Crippen LogP contribution in [0.1, 0.15) is 278 Å². The van der Waals surface area contributed by atoms with Gasteiger partial charge in [0.2, 0.25) is 0 Å². The molecule has 6 heteroatoms. The first-order valence-electron chi connectivity index (χ1n) is 32.3. The van der Waals surface area contributed by atoms with Crippen LogP contribution >= 0.6 is 0 Å². The van der Waals surface area contributed by atoms with Crippen LogP contribution in [0.4, 0.5) is 0 Å². The third kappa shape index (κ3) is 64.0. The van der Waals surface area contributed by atoms with Crippen LogP contribution in [0.5, 0.6) is 0 Å². The second-order valence-electron chi connectivity index (χ2n) is 20.9. The number of unbranched alkanes of at least 4 members (excludes halogenated alkanes) is 22. The van der Waals surface area contributed by atoms with Crippen molar-refractivity contribution in [3.8, 4) is 0 Å². The number of esters is 3. The van der Waals surface area contributed by atoms with E-state index < -0.39 is 6.10 Å². The van der Waals surface area contributed by atoms with Gasteiger partial charge in [-0.05, 0) is 116 Å². The minimum atomic E-state index is -0.810. The van der Waals surface area contributed by atoms with Gasteiger partial charge in [-0.2, -0.15) is 0 Å². The highest BCUT2D eigenvalue weighted by atomic mass is 16.6. The highest BCUT2D eigenvalue weighted by molar-refractivity contribution is 5.71. The smallest absolute Gasteiger partial charge is 0.306 e. The minimum absolute atomic E-state index is 0.102. The Morgan fingerprint density at radius 1 is 0.266 bits per heavy atom. The van der Waals surface area contributed by atoms with E-state index in [9.17, 15) is 14.4 Å². The maximum atomic E-state index is 12.8. The van der Waals surface area contributed by atoms with Crippen molar-refractivity contribution in [3.63, 3.8) is 0 Å². The molecule has 0 rings (SSSR count). The Hall–Kier alpha value is -4.71. The lowest BCUT2D eigenvalue weighted by molar-refractivity contribution is -0.167. The molecule has 0 aromatic rings. The highest BCUT2D eigenvalue weighted by Crippen LogP contribution is 2.15. The molecule has 0 aromatic carbocycles. The van der Waals surface area contributed by atoms with E-state index in [-0.39, 0.29) is 37.5 Å². The van der Waals surface area contributed by atoms with E-state index in [2.05, 4.69) is 167 Å². The van der Waals surface area contributed by atoms with Crippen LogP contribution in [0.25, 0.3) is 0 Å². The van der Waals surface area contributed by atoms with Crippen molar-refractivity contribution >= 4 is 17.9 Å². The Balaban J connectivity index is 4.18. The molecule has 0 saturated heterocycles. The van der Waals surface area contributed by atoms with Gasteiger partial charge in [-0.3, -0.25) is 14.4 Å². The van der Waals surface area contributed by atoms with Crippen molar-refractivity contribution in [2.45, 2.75) is 284 Å². The van der Waals surface area contributed by atoms with Crippen LogP contribution in [0.15, 0.2) is 146 Å². The molecule has 6 nitrogen and oxygen atoms in total. The third-order valence-corrected chi connectivity index (χ3v) is 13.3. The first-order valence-corrected chi connectivity index (χ1v) is 32.3. The summed E-state index contributed by atoms with van der Waals surface area (Å²) in [6, 6.07) is 0. The molecule has 1 unspecified atom stereocenters. The largest absolute Gasteiger partial charge is 0.462 e. The molecule has 0 N–H and O–H groups in total. The van der Waals surface area contributed by atoms with Crippen LogP contribution in [0.2, 0.25) is 0 Å². The van der Waals surface area contributed by atoms with Crippen molar-refractivity contribution in [2.24, 2.45) is 0 Å². The summed E-state index contributed by atoms with van der Waals surface area (Å²) in [7, 11) is 0. The summed E-state index contributed by atoms with van der Waals surface area (Å²) >= 11 is 0. The lowest BCUT2D eigenvalue weighted by atomic mass is 10.0. The molecule has 446 valence electrons. The molecule has 0 saturated carbocycles. The standard InChI is InChI=1S/C73H118O6/c1-4-7-10-13-16-19-21-23-25-27-28-29-30-31-32-33-34-35-36-37-38-39-40-41-42-43-44-46-47-49-51-54-57-60-63-66-72(75)78-69-70(68-77-71(74)65-62-59-56-53-18-15-12-9-6-3)79-73(76)67-64-61-58-55-52-50-48-45-26-24-22-20-17-14-11-8-5-2/h7-8,10-11,16-17,19-20,23-26,28-29,31-32,34-35,37-38,48,50,55,58,70H,4-6,9,12-15,18,21-22,27,30,33,36,39-47,49,51-54,56-57,59-69H2,1-3H3/b10-7-,11-8-,19-16-,20-17-,25-23-,26-24-,29-28-,32-31-,35-34-,38-37-,50-48-,58-55-. The Labute approximate surface area is 487 Å². The summed E-state index contributed by atoms with van der Waals surface area (Å²) in [4.78, 5) is 38.1. The van der Waals surface area contributed by atoms with Crippen molar-refractivity contribution in [3.05, 3.63) is 146 Å². The maximum absolute atomic E-state index is 12.8. The van der Waals surface area contributed by atoms with E-state index >= 15 is 0 Å². The molecule has 0 radical (unpaired) electrons. The summed E-state index contributed by atoms with van der Waals surface area (Å²) in [6.45, 7) is 6.34. The highest BCUT2D eigenvalue weighted by Gasteiger charge is 2.19. The van der Waals surface area contributed by atoms with Gasteiger partial charge >= 0.3 is 17.9 Å². The SMILES string of the molecule is CC/C=C\C/C=C\C/C=C\C/C=C\C/C=C\C/C=C\C/C=C\CCCCCCCCCCCCCCCC(=O)OCC(COC(=O)CCCCCCCCCCC)OC(=O)CCC/C=C\C/C=C\C/C=C\C/C=C\C/C=C\CC. The Morgan fingerprint density at radius 3 is 0.810 bits per heavy atom. The molecule has 79 heavy (non-hydrogen) atoms. The van der Waals surface area contributed by atoms with Gasteiger partial charge < -0.3 is 14.2 Å². The van der Waals surface area contributed by atoms with Gasteiger partial charge in [0.05, 0.1) is 0 Å². The van der Waals surface area contributed by atoms with Gasteiger partial charge in [-0.1, -0.05) is 289 Å². The molecule has 0 spiro atoms. The molecule has 0 heterocycles. The van der Waals surface area contributed by atoms with Crippen LogP contribution < -0.4 is 0 Å². The van der Waals surface area contributed by atoms with E-state index in [1.54, 1.807) is 0 Å². The first-order chi connectivity index (χ1) is 39.0. The van der Waals surface area contributed by atoms with E-state index in [1.807, 2.05) is 0 Å². The number of allylic oxidation sites excluding steroid dienone is 24. The van der Waals surface area contributed by atoms with Crippen molar-refractivity contribution < 1.29 is 28.6 Å². The molecule has 1 atom stereocenters. The zero-order valence-corrected chi connectivity index (χ0v) is 51.1. The van der Waals surface area contributed by atoms with Gasteiger partial charge in [0.25, 0.3) is 0 Å². The molecule has 0 aromatic heterocycles. The Bertz CT molecular complexity index is 1730. The van der Waals surface area contributed by atoms with Crippen molar-refractivity contribution in [1.82, 2.24) is 0 Å². The zero-order chi connectivity index (χ0) is 57.1. The first kappa shape index (κ1) is 74.3. The quantitative estimate of drug-likeness (QED) is 0.0261. The normalized spacial score (nSPS) is 13.1.